The number of primary amides is 1. The van der Waals surface area contributed by atoms with Gasteiger partial charge in [0.25, 0.3) is 17.7 Å². The van der Waals surface area contributed by atoms with Gasteiger partial charge in [-0.1, -0.05) is 0 Å². The van der Waals surface area contributed by atoms with Crippen LogP contribution in [-0.4, -0.2) is 89.4 Å². The number of amides is 3. The molecule has 15 nitrogen and oxygen atoms in total. The quantitative estimate of drug-likeness (QED) is 0.0712. The second-order valence-corrected chi connectivity index (χ2v) is 11.0. The number of anilines is 2. The number of oxazole rings is 1. The number of hydrogen-bond donors (Lipinski definition) is 4. The molecule has 1 aromatic carbocycles. The Morgan fingerprint density at radius 3 is 2.41 bits per heavy atom. The first-order valence-corrected chi connectivity index (χ1v) is 15.9. The van der Waals surface area contributed by atoms with E-state index in [0.29, 0.717) is 57.1 Å². The standard InChI is InChI=1S/C33H37F3N8O7/c34-33(35,36)21-40-27-18-23(10-12-38-27)32-42-26(20-51-32)31(48)41-25-19-44(43-28(25)29(37)46)24-8-6-22(7-9-24)30(47)39-11-2-1-4-14-49-16-17-50-15-5-3-13-45/h6-10,12-13,18-20H,1-5,11,14-17,21H2,(H2,37,46)(H,38,40)(H,39,47)(H,41,48). The van der Waals surface area contributed by atoms with Crippen LogP contribution >= 0.6 is 0 Å². The van der Waals surface area contributed by atoms with Crippen LogP contribution in [0.5, 0.6) is 0 Å². The number of carbonyl (C=O) groups is 4. The van der Waals surface area contributed by atoms with E-state index < -0.39 is 24.5 Å². The topological polar surface area (TPSA) is 206 Å². The maximum Gasteiger partial charge on any atom is 0.405 e. The van der Waals surface area contributed by atoms with E-state index in [9.17, 15) is 32.3 Å². The number of nitrogens with zero attached hydrogens (tertiary/aromatic N) is 4. The molecule has 0 aliphatic heterocycles. The predicted molar refractivity (Wildman–Crippen MR) is 177 cm³/mol. The Morgan fingerprint density at radius 1 is 0.961 bits per heavy atom. The van der Waals surface area contributed by atoms with Gasteiger partial charge in [0.15, 0.2) is 11.4 Å². The molecule has 3 heterocycles. The summed E-state index contributed by atoms with van der Waals surface area (Å²) in [5.41, 5.74) is 6.18. The molecule has 3 aromatic heterocycles. The Bertz CT molecular complexity index is 1760. The number of nitrogens with one attached hydrogen (secondary N) is 3. The summed E-state index contributed by atoms with van der Waals surface area (Å²) in [5, 5.41) is 11.7. The van der Waals surface area contributed by atoms with E-state index in [-0.39, 0.29) is 40.3 Å². The molecule has 4 aromatic rings. The highest BCUT2D eigenvalue weighted by atomic mass is 19.4. The van der Waals surface area contributed by atoms with Crippen molar-refractivity contribution in [3.05, 3.63) is 72.0 Å². The molecule has 5 N–H and O–H groups in total. The molecule has 0 aliphatic rings. The molecule has 3 amide bonds. The minimum absolute atomic E-state index is 0.0220. The summed E-state index contributed by atoms with van der Waals surface area (Å²) < 4.78 is 55.2. The Labute approximate surface area is 290 Å². The third kappa shape index (κ3) is 12.3. The number of ether oxygens (including phenoxy) is 2. The highest BCUT2D eigenvalue weighted by molar-refractivity contribution is 6.07. The van der Waals surface area contributed by atoms with Gasteiger partial charge in [-0.15, -0.1) is 0 Å². The van der Waals surface area contributed by atoms with Gasteiger partial charge in [-0.25, -0.2) is 14.6 Å². The Hall–Kier alpha value is -5.62. The van der Waals surface area contributed by atoms with Crippen molar-refractivity contribution in [1.82, 2.24) is 25.1 Å². The summed E-state index contributed by atoms with van der Waals surface area (Å²) in [7, 11) is 0. The van der Waals surface area contributed by atoms with Crippen molar-refractivity contribution in [3.63, 3.8) is 0 Å². The summed E-state index contributed by atoms with van der Waals surface area (Å²) in [4.78, 5) is 55.9. The average molecular weight is 715 g/mol. The zero-order valence-electron chi connectivity index (χ0n) is 27.4. The molecule has 0 bridgehead atoms. The molecule has 0 atom stereocenters. The van der Waals surface area contributed by atoms with Gasteiger partial charge >= 0.3 is 6.18 Å². The van der Waals surface area contributed by atoms with Crippen molar-refractivity contribution < 1.29 is 46.2 Å². The fourth-order valence-electron chi connectivity index (χ4n) is 4.49. The van der Waals surface area contributed by atoms with Crippen molar-refractivity contribution in [2.24, 2.45) is 5.73 Å². The molecule has 0 spiro atoms. The van der Waals surface area contributed by atoms with Crippen LogP contribution in [0.15, 0.2) is 59.5 Å². The van der Waals surface area contributed by atoms with Crippen molar-refractivity contribution >= 4 is 35.5 Å². The fraction of sp³-hybridized carbons (Fsp3) is 0.364. The van der Waals surface area contributed by atoms with Crippen LogP contribution in [-0.2, 0) is 14.3 Å². The molecule has 272 valence electrons. The van der Waals surface area contributed by atoms with Crippen LogP contribution in [0.4, 0.5) is 24.7 Å². The van der Waals surface area contributed by atoms with E-state index in [2.05, 4.69) is 31.0 Å². The zero-order valence-corrected chi connectivity index (χ0v) is 27.4. The van der Waals surface area contributed by atoms with Crippen molar-refractivity contribution in [3.8, 4) is 17.1 Å². The van der Waals surface area contributed by atoms with Crippen LogP contribution in [0, 0.1) is 0 Å². The number of halogens is 3. The van der Waals surface area contributed by atoms with Gasteiger partial charge in [0, 0.05) is 43.5 Å². The lowest BCUT2D eigenvalue weighted by Gasteiger charge is -2.08. The van der Waals surface area contributed by atoms with Gasteiger partial charge in [-0.3, -0.25) is 14.4 Å². The van der Waals surface area contributed by atoms with Gasteiger partial charge in [0.05, 0.1) is 30.8 Å². The van der Waals surface area contributed by atoms with Crippen LogP contribution in [0.1, 0.15) is 63.4 Å². The van der Waals surface area contributed by atoms with Crippen LogP contribution in [0.25, 0.3) is 17.1 Å². The van der Waals surface area contributed by atoms with E-state index in [1.165, 1.54) is 29.2 Å². The summed E-state index contributed by atoms with van der Waals surface area (Å²) >= 11 is 0. The van der Waals surface area contributed by atoms with E-state index in [1.807, 2.05) is 0 Å². The van der Waals surface area contributed by atoms with Gasteiger partial charge in [0.2, 0.25) is 5.89 Å². The maximum atomic E-state index is 13.0. The Morgan fingerprint density at radius 2 is 1.71 bits per heavy atom. The normalized spacial score (nSPS) is 11.3. The van der Waals surface area contributed by atoms with Gasteiger partial charge in [-0.2, -0.15) is 18.3 Å². The minimum atomic E-state index is -4.45. The van der Waals surface area contributed by atoms with E-state index in [4.69, 9.17) is 19.6 Å². The largest absolute Gasteiger partial charge is 0.444 e. The summed E-state index contributed by atoms with van der Waals surface area (Å²) in [6, 6.07) is 9.11. The third-order valence-electron chi connectivity index (χ3n) is 7.04. The summed E-state index contributed by atoms with van der Waals surface area (Å²) in [5.74, 6) is -2.08. The number of unbranched alkanes of at least 4 members (excludes halogenated alkanes) is 3. The second kappa shape index (κ2) is 19.0. The van der Waals surface area contributed by atoms with Gasteiger partial charge in [-0.05, 0) is 62.1 Å². The van der Waals surface area contributed by atoms with E-state index in [1.54, 1.807) is 24.3 Å². The molecular formula is C33H37F3N8O7. The molecule has 18 heteroatoms. The number of nitrogens with two attached hydrogens (primary N) is 1. The van der Waals surface area contributed by atoms with Crippen LogP contribution < -0.4 is 21.7 Å². The first kappa shape index (κ1) is 38.2. The number of alkyl halides is 3. The summed E-state index contributed by atoms with van der Waals surface area (Å²) in [6.45, 7) is 1.31. The SMILES string of the molecule is NC(=O)c1nn(-c2ccc(C(=O)NCCCCCOCCOCCCC=O)cc2)cc1NC(=O)c1coc(-c2ccnc(NCC(F)(F)F)c2)n1. The molecule has 0 unspecified atom stereocenters. The first-order valence-electron chi connectivity index (χ1n) is 15.9. The number of pyridine rings is 1. The number of aromatic nitrogens is 4. The number of benzene rings is 1. The minimum Gasteiger partial charge on any atom is -0.444 e. The molecule has 0 saturated heterocycles. The lowest BCUT2D eigenvalue weighted by Crippen LogP contribution is -2.24. The lowest BCUT2D eigenvalue weighted by atomic mass is 10.2. The molecular weight excluding hydrogens is 677 g/mol. The van der Waals surface area contributed by atoms with Gasteiger partial charge < -0.3 is 40.4 Å². The van der Waals surface area contributed by atoms with Crippen molar-refractivity contribution in [2.45, 2.75) is 38.3 Å². The average Bonchev–Trinajstić information content (AvgIpc) is 3.78. The van der Waals surface area contributed by atoms with E-state index >= 15 is 0 Å². The predicted octanol–water partition coefficient (Wildman–Crippen LogP) is 4.16. The smallest absolute Gasteiger partial charge is 0.405 e. The molecule has 0 fully saturated rings. The number of rotatable bonds is 21. The second-order valence-electron chi connectivity index (χ2n) is 11.0. The summed E-state index contributed by atoms with van der Waals surface area (Å²) in [6.07, 6.45) is 3.77. The lowest BCUT2D eigenvalue weighted by molar-refractivity contribution is -0.115. The molecule has 4 rings (SSSR count). The molecule has 51 heavy (non-hydrogen) atoms. The molecule has 0 aliphatic carbocycles. The molecule has 0 radical (unpaired) electrons. The highest BCUT2D eigenvalue weighted by Gasteiger charge is 2.27. The third-order valence-corrected chi connectivity index (χ3v) is 7.04. The van der Waals surface area contributed by atoms with Gasteiger partial charge in [0.1, 0.15) is 24.9 Å². The monoisotopic (exact) mass is 714 g/mol. The first-order chi connectivity index (χ1) is 24.5. The zero-order chi connectivity index (χ0) is 36.6. The number of aldehydes is 1. The number of hydrogen-bond acceptors (Lipinski definition) is 11. The van der Waals surface area contributed by atoms with Crippen LogP contribution in [0.3, 0.4) is 0 Å². The maximum absolute atomic E-state index is 13.0. The highest BCUT2D eigenvalue weighted by Crippen LogP contribution is 2.24. The molecule has 0 saturated carbocycles. The Kier molecular flexibility index (Phi) is 14.2. The van der Waals surface area contributed by atoms with Crippen molar-refractivity contribution in [1.29, 1.82) is 0 Å². The van der Waals surface area contributed by atoms with Crippen molar-refractivity contribution in [2.75, 3.05) is 50.2 Å². The fourth-order valence-corrected chi connectivity index (χ4v) is 4.49. The van der Waals surface area contributed by atoms with E-state index in [0.717, 1.165) is 31.8 Å². The van der Waals surface area contributed by atoms with Crippen LogP contribution in [0.2, 0.25) is 0 Å². The number of carbonyl (C=O) groups excluding carboxylic acids is 4. The Balaban J connectivity index is 1.26.